The van der Waals surface area contributed by atoms with Crippen LogP contribution in [-0.4, -0.2) is 12.1 Å². The molecule has 1 heterocycles. The van der Waals surface area contributed by atoms with Crippen LogP contribution in [0, 0.1) is 0 Å². The van der Waals surface area contributed by atoms with Crippen LogP contribution >= 0.6 is 31.9 Å². The number of rotatable bonds is 2. The van der Waals surface area contributed by atoms with Crippen molar-refractivity contribution in [2.24, 2.45) is 0 Å². The lowest BCUT2D eigenvalue weighted by molar-refractivity contribution is 0.396. The second kappa shape index (κ2) is 4.07. The van der Waals surface area contributed by atoms with Gasteiger partial charge in [0.05, 0.1) is 7.11 Å². The first-order valence-corrected chi connectivity index (χ1v) is 4.94. The quantitative estimate of drug-likeness (QED) is 0.614. The summed E-state index contributed by atoms with van der Waals surface area (Å²) in [5.74, 6) is 0.633. The summed E-state index contributed by atoms with van der Waals surface area (Å²) in [5, 5.41) is 0.810. The van der Waals surface area contributed by atoms with E-state index in [0.29, 0.717) is 5.88 Å². The highest BCUT2D eigenvalue weighted by atomic mass is 79.9. The molecule has 0 fully saturated rings. The molecular weight excluding hydrogens is 274 g/mol. The molecule has 0 saturated carbocycles. The minimum Gasteiger partial charge on any atom is -0.481 e. The van der Waals surface area contributed by atoms with Gasteiger partial charge < -0.3 is 4.74 Å². The van der Waals surface area contributed by atoms with Crippen LogP contribution in [0.2, 0.25) is 0 Å². The molecule has 0 aliphatic heterocycles. The summed E-state index contributed by atoms with van der Waals surface area (Å²) in [6.45, 7) is 0. The average molecular weight is 281 g/mol. The van der Waals surface area contributed by atoms with Gasteiger partial charge in [-0.05, 0) is 27.6 Å². The van der Waals surface area contributed by atoms with E-state index in [-0.39, 0.29) is 0 Å². The van der Waals surface area contributed by atoms with Gasteiger partial charge in [0.1, 0.15) is 4.60 Å². The van der Waals surface area contributed by atoms with E-state index in [1.165, 1.54) is 0 Å². The van der Waals surface area contributed by atoms with Crippen molar-refractivity contribution in [1.29, 1.82) is 0 Å². The average Bonchev–Trinajstić information content (AvgIpc) is 2.03. The van der Waals surface area contributed by atoms with Crippen molar-refractivity contribution in [3.05, 3.63) is 22.3 Å². The van der Waals surface area contributed by atoms with Crippen LogP contribution in [0.3, 0.4) is 0 Å². The molecule has 11 heavy (non-hydrogen) atoms. The fourth-order valence-corrected chi connectivity index (χ4v) is 1.50. The Bertz CT molecular complexity index is 230. The SMILES string of the molecule is COc1cc(CBr)cc(Br)n1. The molecule has 0 radical (unpaired) electrons. The van der Waals surface area contributed by atoms with Crippen molar-refractivity contribution in [3.63, 3.8) is 0 Å². The van der Waals surface area contributed by atoms with Gasteiger partial charge in [-0.15, -0.1) is 0 Å². The molecule has 0 aromatic carbocycles. The Hall–Kier alpha value is -0.0900. The van der Waals surface area contributed by atoms with E-state index in [9.17, 15) is 0 Å². The summed E-state index contributed by atoms with van der Waals surface area (Å²) in [6.07, 6.45) is 0. The van der Waals surface area contributed by atoms with E-state index in [2.05, 4.69) is 36.8 Å². The first-order valence-electron chi connectivity index (χ1n) is 3.02. The molecule has 0 bridgehead atoms. The Labute approximate surface area is 82.2 Å². The Balaban J connectivity index is 3.02. The lowest BCUT2D eigenvalue weighted by Crippen LogP contribution is -1.89. The van der Waals surface area contributed by atoms with Gasteiger partial charge in [-0.2, -0.15) is 0 Å². The van der Waals surface area contributed by atoms with Crippen LogP contribution in [0.5, 0.6) is 5.88 Å². The van der Waals surface area contributed by atoms with Crippen molar-refractivity contribution < 1.29 is 4.74 Å². The number of ether oxygens (including phenoxy) is 1. The maximum Gasteiger partial charge on any atom is 0.214 e. The fourth-order valence-electron chi connectivity index (χ4n) is 0.705. The van der Waals surface area contributed by atoms with E-state index >= 15 is 0 Å². The van der Waals surface area contributed by atoms with Crippen LogP contribution in [-0.2, 0) is 5.33 Å². The number of pyridine rings is 1. The summed E-state index contributed by atoms with van der Waals surface area (Å²) in [4.78, 5) is 4.07. The van der Waals surface area contributed by atoms with Crippen LogP contribution in [0.15, 0.2) is 16.7 Å². The highest BCUT2D eigenvalue weighted by molar-refractivity contribution is 9.10. The number of halogens is 2. The zero-order chi connectivity index (χ0) is 8.27. The molecular formula is C7H7Br2NO. The highest BCUT2D eigenvalue weighted by Gasteiger charge is 1.98. The minimum absolute atomic E-state index is 0.633. The normalized spacial score (nSPS) is 9.73. The fraction of sp³-hybridized carbons (Fsp3) is 0.286. The van der Waals surface area contributed by atoms with Crippen molar-refractivity contribution in [3.8, 4) is 5.88 Å². The molecule has 1 aromatic heterocycles. The second-order valence-electron chi connectivity index (χ2n) is 1.97. The number of methoxy groups -OCH3 is 1. The Morgan fingerprint density at radius 1 is 1.55 bits per heavy atom. The Morgan fingerprint density at radius 2 is 2.27 bits per heavy atom. The molecule has 1 rings (SSSR count). The lowest BCUT2D eigenvalue weighted by Gasteiger charge is -2.01. The van der Waals surface area contributed by atoms with Crippen LogP contribution in [0.1, 0.15) is 5.56 Å². The Morgan fingerprint density at radius 3 is 2.82 bits per heavy atom. The van der Waals surface area contributed by atoms with Gasteiger partial charge in [0.2, 0.25) is 5.88 Å². The largest absolute Gasteiger partial charge is 0.481 e. The topological polar surface area (TPSA) is 22.1 Å². The summed E-state index contributed by atoms with van der Waals surface area (Å²) in [5.41, 5.74) is 1.14. The van der Waals surface area contributed by atoms with Crippen molar-refractivity contribution in [2.75, 3.05) is 7.11 Å². The van der Waals surface area contributed by atoms with Gasteiger partial charge in [-0.25, -0.2) is 4.98 Å². The molecule has 60 valence electrons. The minimum atomic E-state index is 0.633. The van der Waals surface area contributed by atoms with E-state index in [1.54, 1.807) is 7.11 Å². The summed E-state index contributed by atoms with van der Waals surface area (Å²) < 4.78 is 5.77. The number of hydrogen-bond acceptors (Lipinski definition) is 2. The molecule has 0 aliphatic carbocycles. The van der Waals surface area contributed by atoms with Crippen LogP contribution in [0.25, 0.3) is 0 Å². The second-order valence-corrected chi connectivity index (χ2v) is 3.35. The molecule has 2 nitrogen and oxygen atoms in total. The summed E-state index contributed by atoms with van der Waals surface area (Å²) in [6, 6.07) is 3.83. The number of hydrogen-bond donors (Lipinski definition) is 0. The molecule has 1 aromatic rings. The first kappa shape index (κ1) is 9.00. The molecule has 0 spiro atoms. The van der Waals surface area contributed by atoms with Crippen molar-refractivity contribution >= 4 is 31.9 Å². The standard InChI is InChI=1S/C7H7Br2NO/c1-11-7-3-5(4-8)2-6(9)10-7/h2-3H,4H2,1H3. The summed E-state index contributed by atoms with van der Waals surface area (Å²) in [7, 11) is 1.60. The predicted molar refractivity (Wildman–Crippen MR) is 51.1 cm³/mol. The zero-order valence-corrected chi connectivity index (χ0v) is 9.15. The highest BCUT2D eigenvalue weighted by Crippen LogP contribution is 2.17. The van der Waals surface area contributed by atoms with Gasteiger partial charge in [-0.3, -0.25) is 0 Å². The number of nitrogens with zero attached hydrogens (tertiary/aromatic N) is 1. The van der Waals surface area contributed by atoms with Gasteiger partial charge in [-0.1, -0.05) is 15.9 Å². The first-order chi connectivity index (χ1) is 5.26. The third kappa shape index (κ3) is 2.45. The lowest BCUT2D eigenvalue weighted by atomic mass is 10.3. The molecule has 0 saturated heterocycles. The third-order valence-corrected chi connectivity index (χ3v) is 2.25. The van der Waals surface area contributed by atoms with Gasteiger partial charge >= 0.3 is 0 Å². The predicted octanol–water partition coefficient (Wildman–Crippen LogP) is 2.75. The maximum absolute atomic E-state index is 4.98. The molecule has 0 atom stereocenters. The van der Waals surface area contributed by atoms with E-state index in [0.717, 1.165) is 15.5 Å². The zero-order valence-electron chi connectivity index (χ0n) is 5.97. The van der Waals surface area contributed by atoms with E-state index in [4.69, 9.17) is 4.74 Å². The van der Waals surface area contributed by atoms with Crippen molar-refractivity contribution in [2.45, 2.75) is 5.33 Å². The molecule has 0 amide bonds. The van der Waals surface area contributed by atoms with Gasteiger partial charge in [0, 0.05) is 11.4 Å². The number of alkyl halides is 1. The number of aromatic nitrogens is 1. The van der Waals surface area contributed by atoms with Crippen LogP contribution in [0.4, 0.5) is 0 Å². The molecule has 0 unspecified atom stereocenters. The van der Waals surface area contributed by atoms with Gasteiger partial charge in [0.25, 0.3) is 0 Å². The van der Waals surface area contributed by atoms with Crippen molar-refractivity contribution in [1.82, 2.24) is 4.98 Å². The monoisotopic (exact) mass is 279 g/mol. The Kier molecular flexibility index (Phi) is 3.33. The van der Waals surface area contributed by atoms with Gasteiger partial charge in [0.15, 0.2) is 0 Å². The third-order valence-electron chi connectivity index (χ3n) is 1.19. The van der Waals surface area contributed by atoms with E-state index < -0.39 is 0 Å². The molecule has 4 heteroatoms. The summed E-state index contributed by atoms with van der Waals surface area (Å²) >= 11 is 6.63. The maximum atomic E-state index is 4.98. The van der Waals surface area contributed by atoms with Crippen LogP contribution < -0.4 is 4.74 Å². The molecule has 0 aliphatic rings. The smallest absolute Gasteiger partial charge is 0.214 e. The molecule has 0 N–H and O–H groups in total. The van der Waals surface area contributed by atoms with E-state index in [1.807, 2.05) is 12.1 Å².